The zero-order valence-electron chi connectivity index (χ0n) is 15.8. The van der Waals surface area contributed by atoms with Crippen LogP contribution in [-0.2, 0) is 4.79 Å². The molecule has 0 aromatic heterocycles. The van der Waals surface area contributed by atoms with E-state index in [0.29, 0.717) is 18.5 Å². The number of carbonyl (C=O) groups excluding carboxylic acids is 2. The van der Waals surface area contributed by atoms with Crippen molar-refractivity contribution in [3.8, 4) is 5.75 Å². The second kappa shape index (κ2) is 9.17. The van der Waals surface area contributed by atoms with E-state index in [2.05, 4.69) is 4.90 Å². The molecule has 1 aliphatic carbocycles. The Morgan fingerprint density at radius 2 is 1.69 bits per heavy atom. The molecule has 1 aliphatic heterocycles. The molecule has 142 valence electrons. The van der Waals surface area contributed by atoms with Crippen LogP contribution < -0.4 is 4.74 Å². The Morgan fingerprint density at radius 1 is 1.04 bits per heavy atom. The molecule has 2 fully saturated rings. The van der Waals surface area contributed by atoms with Crippen molar-refractivity contribution in [3.05, 3.63) is 29.8 Å². The minimum Gasteiger partial charge on any atom is -0.497 e. The standard InChI is InChI=1S/C21H30N2O3/c1-26-19-9-7-18(8-10-19)20(24)16-22-12-14-23(15-13-22)21(25)11-6-17-4-2-3-5-17/h7-10,17H,2-6,11-16H2,1H3. The highest BCUT2D eigenvalue weighted by Crippen LogP contribution is 2.28. The molecule has 2 aliphatic rings. The van der Waals surface area contributed by atoms with Gasteiger partial charge in [-0.1, -0.05) is 25.7 Å². The summed E-state index contributed by atoms with van der Waals surface area (Å²) in [5.41, 5.74) is 0.709. The van der Waals surface area contributed by atoms with Gasteiger partial charge in [-0.15, -0.1) is 0 Å². The zero-order chi connectivity index (χ0) is 18.4. The van der Waals surface area contributed by atoms with E-state index in [1.54, 1.807) is 7.11 Å². The van der Waals surface area contributed by atoms with Crippen LogP contribution in [-0.4, -0.2) is 61.3 Å². The van der Waals surface area contributed by atoms with Gasteiger partial charge in [0.2, 0.25) is 5.91 Å². The molecule has 5 nitrogen and oxygen atoms in total. The summed E-state index contributed by atoms with van der Waals surface area (Å²) in [6.07, 6.45) is 7.01. The Balaban J connectivity index is 1.39. The maximum atomic E-state index is 12.4. The molecule has 0 radical (unpaired) electrons. The quantitative estimate of drug-likeness (QED) is 0.703. The summed E-state index contributed by atoms with van der Waals surface area (Å²) in [6.45, 7) is 3.43. The number of hydrogen-bond donors (Lipinski definition) is 0. The van der Waals surface area contributed by atoms with Crippen molar-refractivity contribution < 1.29 is 14.3 Å². The lowest BCUT2D eigenvalue weighted by Crippen LogP contribution is -2.49. The van der Waals surface area contributed by atoms with Gasteiger partial charge in [0.05, 0.1) is 13.7 Å². The monoisotopic (exact) mass is 358 g/mol. The summed E-state index contributed by atoms with van der Waals surface area (Å²) in [6, 6.07) is 7.25. The molecule has 1 aromatic carbocycles. The molecule has 0 N–H and O–H groups in total. The molecular formula is C21H30N2O3. The van der Waals surface area contributed by atoms with E-state index in [9.17, 15) is 9.59 Å². The van der Waals surface area contributed by atoms with E-state index in [1.807, 2.05) is 29.2 Å². The fourth-order valence-corrected chi connectivity index (χ4v) is 4.01. The van der Waals surface area contributed by atoms with Gasteiger partial charge in [0, 0.05) is 38.2 Å². The van der Waals surface area contributed by atoms with Gasteiger partial charge in [0.1, 0.15) is 5.75 Å². The third-order valence-corrected chi connectivity index (χ3v) is 5.75. The maximum absolute atomic E-state index is 12.4. The molecule has 1 saturated carbocycles. The van der Waals surface area contributed by atoms with E-state index >= 15 is 0 Å². The minimum atomic E-state index is 0.119. The molecule has 0 unspecified atom stereocenters. The predicted octanol–water partition coefficient (Wildman–Crippen LogP) is 2.99. The SMILES string of the molecule is COc1ccc(C(=O)CN2CCN(C(=O)CCC3CCCC3)CC2)cc1. The molecule has 5 heteroatoms. The lowest BCUT2D eigenvalue weighted by Gasteiger charge is -2.34. The normalized spacial score (nSPS) is 18.9. The third-order valence-electron chi connectivity index (χ3n) is 5.75. The molecule has 0 atom stereocenters. The van der Waals surface area contributed by atoms with Gasteiger partial charge in [-0.25, -0.2) is 0 Å². The Morgan fingerprint density at radius 3 is 2.31 bits per heavy atom. The predicted molar refractivity (Wildman–Crippen MR) is 102 cm³/mol. The average molecular weight is 358 g/mol. The van der Waals surface area contributed by atoms with Crippen LogP contribution in [0.1, 0.15) is 48.9 Å². The highest BCUT2D eigenvalue weighted by atomic mass is 16.5. The summed E-state index contributed by atoms with van der Waals surface area (Å²) in [5.74, 6) is 1.93. The number of ether oxygens (including phenoxy) is 1. The van der Waals surface area contributed by atoms with E-state index in [0.717, 1.165) is 44.3 Å². The van der Waals surface area contributed by atoms with Crippen molar-refractivity contribution in [1.29, 1.82) is 0 Å². The second-order valence-corrected chi connectivity index (χ2v) is 7.50. The second-order valence-electron chi connectivity index (χ2n) is 7.50. The van der Waals surface area contributed by atoms with Crippen LogP contribution in [0.3, 0.4) is 0 Å². The Bertz CT molecular complexity index is 600. The number of benzene rings is 1. The molecule has 26 heavy (non-hydrogen) atoms. The van der Waals surface area contributed by atoms with Crippen LogP contribution in [0, 0.1) is 5.92 Å². The first-order valence-corrected chi connectivity index (χ1v) is 9.83. The van der Waals surface area contributed by atoms with Gasteiger partial charge >= 0.3 is 0 Å². The fourth-order valence-electron chi connectivity index (χ4n) is 4.01. The van der Waals surface area contributed by atoms with Crippen LogP contribution in [0.25, 0.3) is 0 Å². The molecule has 1 amide bonds. The molecular weight excluding hydrogens is 328 g/mol. The highest BCUT2D eigenvalue weighted by Gasteiger charge is 2.24. The lowest BCUT2D eigenvalue weighted by atomic mass is 10.0. The first kappa shape index (κ1) is 18.9. The van der Waals surface area contributed by atoms with E-state index in [4.69, 9.17) is 4.74 Å². The van der Waals surface area contributed by atoms with E-state index in [1.165, 1.54) is 25.7 Å². The average Bonchev–Trinajstić information content (AvgIpc) is 3.20. The van der Waals surface area contributed by atoms with Gasteiger partial charge in [-0.3, -0.25) is 14.5 Å². The number of Topliss-reactive ketones (excluding diaryl/α,β-unsaturated/α-hetero) is 1. The number of hydrogen-bond acceptors (Lipinski definition) is 4. The van der Waals surface area contributed by atoms with Gasteiger partial charge in [0.25, 0.3) is 0 Å². The van der Waals surface area contributed by atoms with Crippen LogP contribution in [0.15, 0.2) is 24.3 Å². The minimum absolute atomic E-state index is 0.119. The number of nitrogens with zero attached hydrogens (tertiary/aromatic N) is 2. The number of ketones is 1. The Hall–Kier alpha value is -1.88. The molecule has 1 heterocycles. The molecule has 0 bridgehead atoms. The van der Waals surface area contributed by atoms with Gasteiger partial charge < -0.3 is 9.64 Å². The van der Waals surface area contributed by atoms with Crippen molar-refractivity contribution in [3.63, 3.8) is 0 Å². The maximum Gasteiger partial charge on any atom is 0.222 e. The molecule has 0 spiro atoms. The van der Waals surface area contributed by atoms with Crippen LogP contribution in [0.4, 0.5) is 0 Å². The lowest BCUT2D eigenvalue weighted by molar-refractivity contribution is -0.133. The fraction of sp³-hybridized carbons (Fsp3) is 0.619. The largest absolute Gasteiger partial charge is 0.497 e. The molecule has 1 aromatic rings. The van der Waals surface area contributed by atoms with Crippen LogP contribution in [0.5, 0.6) is 5.75 Å². The van der Waals surface area contributed by atoms with E-state index < -0.39 is 0 Å². The summed E-state index contributed by atoms with van der Waals surface area (Å²) >= 11 is 0. The van der Waals surface area contributed by atoms with Crippen LogP contribution >= 0.6 is 0 Å². The van der Waals surface area contributed by atoms with E-state index in [-0.39, 0.29) is 11.7 Å². The summed E-state index contributed by atoms with van der Waals surface area (Å²) < 4.78 is 5.13. The highest BCUT2D eigenvalue weighted by molar-refractivity contribution is 5.97. The summed E-state index contributed by atoms with van der Waals surface area (Å²) in [5, 5.41) is 0. The summed E-state index contributed by atoms with van der Waals surface area (Å²) in [7, 11) is 1.62. The smallest absolute Gasteiger partial charge is 0.222 e. The molecule has 3 rings (SSSR count). The van der Waals surface area contributed by atoms with Crippen molar-refractivity contribution in [2.24, 2.45) is 5.92 Å². The first-order valence-electron chi connectivity index (χ1n) is 9.83. The number of rotatable bonds is 7. The first-order chi connectivity index (χ1) is 12.7. The topological polar surface area (TPSA) is 49.9 Å². The van der Waals surface area contributed by atoms with Gasteiger partial charge in [-0.2, -0.15) is 0 Å². The van der Waals surface area contributed by atoms with Crippen LogP contribution in [0.2, 0.25) is 0 Å². The Labute approximate surface area is 156 Å². The van der Waals surface area contributed by atoms with Crippen molar-refractivity contribution in [1.82, 2.24) is 9.80 Å². The van der Waals surface area contributed by atoms with Gasteiger partial charge in [-0.05, 0) is 36.6 Å². The van der Waals surface area contributed by atoms with Gasteiger partial charge in [0.15, 0.2) is 5.78 Å². The van der Waals surface area contributed by atoms with Crippen molar-refractivity contribution in [2.45, 2.75) is 38.5 Å². The number of piperazine rings is 1. The number of carbonyl (C=O) groups is 2. The third kappa shape index (κ3) is 5.07. The number of methoxy groups -OCH3 is 1. The van der Waals surface area contributed by atoms with Crippen molar-refractivity contribution in [2.75, 3.05) is 39.8 Å². The Kier molecular flexibility index (Phi) is 6.67. The number of amides is 1. The van der Waals surface area contributed by atoms with Crippen molar-refractivity contribution >= 4 is 11.7 Å². The summed E-state index contributed by atoms with van der Waals surface area (Å²) in [4.78, 5) is 28.9. The molecule has 1 saturated heterocycles. The zero-order valence-corrected chi connectivity index (χ0v) is 15.8.